The van der Waals surface area contributed by atoms with E-state index in [9.17, 15) is 9.59 Å². The van der Waals surface area contributed by atoms with Gasteiger partial charge in [-0.1, -0.05) is 13.8 Å². The fourth-order valence-electron chi connectivity index (χ4n) is 1.70. The first-order chi connectivity index (χ1) is 7.50. The highest BCUT2D eigenvalue weighted by Gasteiger charge is 2.28. The molecule has 1 rings (SSSR count). The smallest absolute Gasteiger partial charge is 0.242 e. The molecule has 0 unspecified atom stereocenters. The highest BCUT2D eigenvalue weighted by atomic mass is 16.2. The lowest BCUT2D eigenvalue weighted by atomic mass is 9.94. The minimum absolute atomic E-state index is 0.0508. The minimum Gasteiger partial charge on any atom is -0.352 e. The Bertz CT molecular complexity index is 274. The van der Waals surface area contributed by atoms with Gasteiger partial charge in [0.25, 0.3) is 0 Å². The molecular formula is C11H21N3O2. The lowest BCUT2D eigenvalue weighted by Crippen LogP contribution is -2.52. The molecule has 0 bridgehead atoms. The van der Waals surface area contributed by atoms with Crippen molar-refractivity contribution in [1.82, 2.24) is 10.6 Å². The van der Waals surface area contributed by atoms with Crippen molar-refractivity contribution in [3.63, 3.8) is 0 Å². The number of amides is 2. The summed E-state index contributed by atoms with van der Waals surface area (Å²) in [5.74, 6) is -0.173. The molecule has 5 nitrogen and oxygen atoms in total. The Morgan fingerprint density at radius 3 is 2.62 bits per heavy atom. The van der Waals surface area contributed by atoms with Crippen molar-refractivity contribution in [2.24, 2.45) is 5.73 Å². The highest BCUT2D eigenvalue weighted by molar-refractivity contribution is 5.90. The second-order valence-corrected chi connectivity index (χ2v) is 4.45. The molecule has 0 aromatic carbocycles. The second kappa shape index (κ2) is 5.30. The third-order valence-electron chi connectivity index (χ3n) is 3.33. The molecule has 0 saturated carbocycles. The highest BCUT2D eigenvalue weighted by Crippen LogP contribution is 2.10. The molecule has 0 aromatic heterocycles. The van der Waals surface area contributed by atoms with Gasteiger partial charge >= 0.3 is 0 Å². The molecule has 0 aromatic rings. The molecule has 1 heterocycles. The number of carbonyl (C=O) groups excluding carboxylic acids is 2. The fraction of sp³-hybridized carbons (Fsp3) is 0.818. The zero-order valence-corrected chi connectivity index (χ0v) is 10.0. The van der Waals surface area contributed by atoms with Gasteiger partial charge in [-0.15, -0.1) is 0 Å². The first-order valence-electron chi connectivity index (χ1n) is 5.86. The summed E-state index contributed by atoms with van der Waals surface area (Å²) in [5.41, 5.74) is 5.73. The van der Waals surface area contributed by atoms with E-state index in [0.717, 1.165) is 12.8 Å². The molecule has 5 heteroatoms. The average molecular weight is 227 g/mol. The SMILES string of the molecule is CCC(N)(CC)CNC(=O)[C@H]1CCC(=O)N1. The number of hydrogen-bond donors (Lipinski definition) is 3. The summed E-state index contributed by atoms with van der Waals surface area (Å²) >= 11 is 0. The Labute approximate surface area is 96.1 Å². The molecule has 1 aliphatic rings. The van der Waals surface area contributed by atoms with Gasteiger partial charge in [0.2, 0.25) is 11.8 Å². The molecule has 1 fully saturated rings. The van der Waals surface area contributed by atoms with Crippen molar-refractivity contribution >= 4 is 11.8 Å². The summed E-state index contributed by atoms with van der Waals surface area (Å²) in [6.45, 7) is 4.48. The topological polar surface area (TPSA) is 84.2 Å². The largest absolute Gasteiger partial charge is 0.352 e. The van der Waals surface area contributed by atoms with Gasteiger partial charge in [-0.25, -0.2) is 0 Å². The number of hydrogen-bond acceptors (Lipinski definition) is 3. The quantitative estimate of drug-likeness (QED) is 0.613. The Morgan fingerprint density at radius 2 is 2.19 bits per heavy atom. The maximum absolute atomic E-state index is 11.7. The van der Waals surface area contributed by atoms with E-state index in [-0.39, 0.29) is 23.4 Å². The summed E-state index contributed by atoms with van der Waals surface area (Å²) in [7, 11) is 0. The maximum Gasteiger partial charge on any atom is 0.242 e. The van der Waals surface area contributed by atoms with Crippen LogP contribution in [0.5, 0.6) is 0 Å². The van der Waals surface area contributed by atoms with E-state index >= 15 is 0 Å². The predicted octanol–water partition coefficient (Wildman–Crippen LogP) is -0.101. The Kier molecular flexibility index (Phi) is 4.29. The van der Waals surface area contributed by atoms with Crippen molar-refractivity contribution in [2.45, 2.75) is 51.1 Å². The molecule has 0 radical (unpaired) electrons. The fourth-order valence-corrected chi connectivity index (χ4v) is 1.70. The van der Waals surface area contributed by atoms with Gasteiger partial charge in [0, 0.05) is 18.5 Å². The Morgan fingerprint density at radius 1 is 1.56 bits per heavy atom. The van der Waals surface area contributed by atoms with E-state index in [4.69, 9.17) is 5.73 Å². The first-order valence-corrected chi connectivity index (χ1v) is 5.86. The third kappa shape index (κ3) is 3.20. The van der Waals surface area contributed by atoms with Crippen molar-refractivity contribution < 1.29 is 9.59 Å². The standard InChI is InChI=1S/C11H21N3O2/c1-3-11(12,4-2)7-13-10(16)8-5-6-9(15)14-8/h8H,3-7,12H2,1-2H3,(H,13,16)(H,14,15)/t8-/m1/s1. The first kappa shape index (κ1) is 13.0. The minimum atomic E-state index is -0.370. The lowest BCUT2D eigenvalue weighted by Gasteiger charge is -2.27. The van der Waals surface area contributed by atoms with E-state index in [2.05, 4.69) is 10.6 Å². The second-order valence-electron chi connectivity index (χ2n) is 4.45. The summed E-state index contributed by atoms with van der Waals surface area (Å²) < 4.78 is 0. The predicted molar refractivity (Wildman–Crippen MR) is 61.7 cm³/mol. The zero-order valence-electron chi connectivity index (χ0n) is 10.0. The van der Waals surface area contributed by atoms with Crippen LogP contribution in [0.4, 0.5) is 0 Å². The van der Waals surface area contributed by atoms with Crippen molar-refractivity contribution in [2.75, 3.05) is 6.54 Å². The Hall–Kier alpha value is -1.10. The van der Waals surface area contributed by atoms with Crippen LogP contribution < -0.4 is 16.4 Å². The normalized spacial score (nSPS) is 20.7. The van der Waals surface area contributed by atoms with Gasteiger partial charge in [0.15, 0.2) is 0 Å². The summed E-state index contributed by atoms with van der Waals surface area (Å²) in [6.07, 6.45) is 2.66. The van der Waals surface area contributed by atoms with E-state index in [0.29, 0.717) is 19.4 Å². The van der Waals surface area contributed by atoms with Crippen LogP contribution in [0.25, 0.3) is 0 Å². The molecule has 1 aliphatic heterocycles. The maximum atomic E-state index is 11.7. The van der Waals surface area contributed by atoms with E-state index in [1.54, 1.807) is 0 Å². The van der Waals surface area contributed by atoms with Crippen LogP contribution >= 0.6 is 0 Å². The van der Waals surface area contributed by atoms with Gasteiger partial charge < -0.3 is 16.4 Å². The number of nitrogens with one attached hydrogen (secondary N) is 2. The van der Waals surface area contributed by atoms with E-state index in [1.807, 2.05) is 13.8 Å². The number of nitrogens with two attached hydrogens (primary N) is 1. The average Bonchev–Trinajstić information content (AvgIpc) is 2.72. The Balaban J connectivity index is 2.37. The molecule has 4 N–H and O–H groups in total. The van der Waals surface area contributed by atoms with Crippen LogP contribution in [0.15, 0.2) is 0 Å². The van der Waals surface area contributed by atoms with Crippen LogP contribution in [0.3, 0.4) is 0 Å². The molecule has 92 valence electrons. The van der Waals surface area contributed by atoms with E-state index < -0.39 is 0 Å². The van der Waals surface area contributed by atoms with Crippen molar-refractivity contribution in [3.05, 3.63) is 0 Å². The monoisotopic (exact) mass is 227 g/mol. The molecule has 1 atom stereocenters. The van der Waals surface area contributed by atoms with Gasteiger partial charge in [-0.2, -0.15) is 0 Å². The molecule has 1 saturated heterocycles. The summed E-state index contributed by atoms with van der Waals surface area (Å²) in [6, 6.07) is -0.370. The van der Waals surface area contributed by atoms with Crippen LogP contribution in [0.1, 0.15) is 39.5 Å². The lowest BCUT2D eigenvalue weighted by molar-refractivity contribution is -0.125. The van der Waals surface area contributed by atoms with Gasteiger partial charge in [-0.05, 0) is 19.3 Å². The van der Waals surface area contributed by atoms with Crippen LogP contribution in [-0.4, -0.2) is 29.9 Å². The third-order valence-corrected chi connectivity index (χ3v) is 3.33. The van der Waals surface area contributed by atoms with Crippen LogP contribution in [0.2, 0.25) is 0 Å². The van der Waals surface area contributed by atoms with Crippen LogP contribution in [0, 0.1) is 0 Å². The number of carbonyl (C=O) groups is 2. The summed E-state index contributed by atoms with van der Waals surface area (Å²) in [5, 5.41) is 5.44. The number of rotatable bonds is 5. The summed E-state index contributed by atoms with van der Waals surface area (Å²) in [4.78, 5) is 22.6. The van der Waals surface area contributed by atoms with Crippen LogP contribution in [-0.2, 0) is 9.59 Å². The molecule has 0 spiro atoms. The van der Waals surface area contributed by atoms with E-state index in [1.165, 1.54) is 0 Å². The zero-order chi connectivity index (χ0) is 12.2. The molecule has 0 aliphatic carbocycles. The molecular weight excluding hydrogens is 206 g/mol. The van der Waals surface area contributed by atoms with Crippen molar-refractivity contribution in [3.8, 4) is 0 Å². The molecule has 2 amide bonds. The molecule has 16 heavy (non-hydrogen) atoms. The van der Waals surface area contributed by atoms with Gasteiger partial charge in [0.05, 0.1) is 0 Å². The van der Waals surface area contributed by atoms with Crippen molar-refractivity contribution in [1.29, 1.82) is 0 Å². The van der Waals surface area contributed by atoms with Gasteiger partial charge in [-0.3, -0.25) is 9.59 Å². The van der Waals surface area contributed by atoms with Gasteiger partial charge in [0.1, 0.15) is 6.04 Å².